The summed E-state index contributed by atoms with van der Waals surface area (Å²) < 4.78 is 18.4. The highest BCUT2D eigenvalue weighted by molar-refractivity contribution is 9.10. The number of nitrogens with one attached hydrogen (secondary N) is 2. The van der Waals surface area contributed by atoms with Gasteiger partial charge >= 0.3 is 0 Å². The summed E-state index contributed by atoms with van der Waals surface area (Å²) in [6.45, 7) is 1.00. The summed E-state index contributed by atoms with van der Waals surface area (Å²) in [4.78, 5) is 19.4. The summed E-state index contributed by atoms with van der Waals surface area (Å²) in [5.74, 6) is 1.53. The number of amides is 1. The number of nitrogens with zero attached hydrogens (tertiary/aromatic N) is 1. The standard InChI is InChI=1S/C37H38BrN3O5/c1-44-30-18-14-28(15-19-30)22-24-39-41-36(43)37(23-7-11-27-9-3-2-4-10-27)34(32-12-5-6-13-33(32)38)46-35(40-37)29-16-20-31(21-17-29)45-26-8-25-42/h2-7,9-21,34,39,42H,8,22-26H2,1H3,(H,41,43)/b11-7+/t34-,37-/m0/s1. The Bertz CT molecular complexity index is 1630. The van der Waals surface area contributed by atoms with Crippen molar-refractivity contribution in [3.63, 3.8) is 0 Å². The molecule has 9 heteroatoms. The van der Waals surface area contributed by atoms with Crippen molar-refractivity contribution in [2.45, 2.75) is 30.9 Å². The minimum Gasteiger partial charge on any atom is -0.497 e. The van der Waals surface area contributed by atoms with Gasteiger partial charge in [0, 0.05) is 41.6 Å². The Kier molecular flexibility index (Phi) is 11.6. The first-order chi connectivity index (χ1) is 22.5. The van der Waals surface area contributed by atoms with Crippen molar-refractivity contribution in [1.82, 2.24) is 10.9 Å². The molecule has 238 valence electrons. The number of halogens is 1. The molecule has 46 heavy (non-hydrogen) atoms. The number of hydrogen-bond donors (Lipinski definition) is 3. The van der Waals surface area contributed by atoms with E-state index >= 15 is 0 Å². The topological polar surface area (TPSA) is 101 Å². The number of aliphatic hydroxyl groups is 1. The van der Waals surface area contributed by atoms with E-state index in [0.29, 0.717) is 37.6 Å². The third-order valence-electron chi connectivity index (χ3n) is 7.66. The predicted molar refractivity (Wildman–Crippen MR) is 184 cm³/mol. The van der Waals surface area contributed by atoms with Crippen LogP contribution >= 0.6 is 15.9 Å². The van der Waals surface area contributed by atoms with Crippen LogP contribution in [0.5, 0.6) is 11.5 Å². The summed E-state index contributed by atoms with van der Waals surface area (Å²) in [6, 6.07) is 32.9. The Hall–Kier alpha value is -4.44. The van der Waals surface area contributed by atoms with Gasteiger partial charge in [0.25, 0.3) is 5.91 Å². The maximum atomic E-state index is 14.3. The molecule has 0 saturated carbocycles. The molecule has 0 radical (unpaired) electrons. The van der Waals surface area contributed by atoms with E-state index in [2.05, 4.69) is 26.8 Å². The number of hydrogen-bond acceptors (Lipinski definition) is 7. The van der Waals surface area contributed by atoms with Crippen LogP contribution in [0.1, 0.15) is 41.2 Å². The summed E-state index contributed by atoms with van der Waals surface area (Å²) in [5.41, 5.74) is 8.41. The van der Waals surface area contributed by atoms with E-state index in [4.69, 9.17) is 24.3 Å². The molecule has 3 N–H and O–H groups in total. The number of ether oxygens (including phenoxy) is 3. The molecule has 8 nitrogen and oxygen atoms in total. The van der Waals surface area contributed by atoms with Gasteiger partial charge in [-0.2, -0.15) is 0 Å². The van der Waals surface area contributed by atoms with Crippen LogP contribution in [-0.4, -0.2) is 49.3 Å². The molecule has 1 aliphatic rings. The maximum absolute atomic E-state index is 14.3. The second kappa shape index (κ2) is 16.2. The molecule has 0 aromatic heterocycles. The number of benzene rings is 4. The van der Waals surface area contributed by atoms with Crippen LogP contribution in [0.25, 0.3) is 6.08 Å². The van der Waals surface area contributed by atoms with E-state index < -0.39 is 11.6 Å². The molecule has 2 atom stereocenters. The first kappa shape index (κ1) is 32.9. The van der Waals surface area contributed by atoms with Crippen LogP contribution in [-0.2, 0) is 16.0 Å². The van der Waals surface area contributed by atoms with Crippen molar-refractivity contribution in [2.75, 3.05) is 26.9 Å². The fourth-order valence-electron chi connectivity index (χ4n) is 5.17. The lowest BCUT2D eigenvalue weighted by Crippen LogP contribution is -2.52. The van der Waals surface area contributed by atoms with Crippen molar-refractivity contribution in [3.8, 4) is 11.5 Å². The monoisotopic (exact) mass is 683 g/mol. The van der Waals surface area contributed by atoms with E-state index in [1.807, 2.05) is 115 Å². The summed E-state index contributed by atoms with van der Waals surface area (Å²) >= 11 is 3.69. The fourth-order valence-corrected chi connectivity index (χ4v) is 5.66. The van der Waals surface area contributed by atoms with Gasteiger partial charge in [-0.1, -0.05) is 88.7 Å². The first-order valence-electron chi connectivity index (χ1n) is 15.3. The lowest BCUT2D eigenvalue weighted by atomic mass is 9.84. The normalized spacial score (nSPS) is 17.4. The third-order valence-corrected chi connectivity index (χ3v) is 8.38. The van der Waals surface area contributed by atoms with Gasteiger partial charge in [-0.25, -0.2) is 10.4 Å². The Balaban J connectivity index is 1.44. The molecule has 0 unspecified atom stereocenters. The Morgan fingerprint density at radius 1 is 0.978 bits per heavy atom. The van der Waals surface area contributed by atoms with E-state index in [1.54, 1.807) is 7.11 Å². The van der Waals surface area contributed by atoms with E-state index in [0.717, 1.165) is 32.5 Å². The molecule has 0 spiro atoms. The van der Waals surface area contributed by atoms with E-state index in [1.165, 1.54) is 0 Å². The molecular formula is C37H38BrN3O5. The van der Waals surface area contributed by atoms with Crippen molar-refractivity contribution >= 4 is 33.8 Å². The molecule has 1 amide bonds. The van der Waals surface area contributed by atoms with Gasteiger partial charge in [-0.3, -0.25) is 10.2 Å². The lowest BCUT2D eigenvalue weighted by Gasteiger charge is -2.30. The average Bonchev–Trinajstić information content (AvgIpc) is 3.48. The van der Waals surface area contributed by atoms with Gasteiger partial charge in [0.15, 0.2) is 11.6 Å². The number of carbonyl (C=O) groups is 1. The van der Waals surface area contributed by atoms with Crippen molar-refractivity contribution in [2.24, 2.45) is 4.99 Å². The minimum absolute atomic E-state index is 0.0678. The summed E-state index contributed by atoms with van der Waals surface area (Å²) in [6.07, 6.45) is 4.79. The quantitative estimate of drug-likeness (QED) is 0.0985. The van der Waals surface area contributed by atoms with E-state index in [-0.39, 0.29) is 18.9 Å². The van der Waals surface area contributed by atoms with Crippen molar-refractivity contribution < 1.29 is 24.1 Å². The molecule has 5 rings (SSSR count). The molecule has 1 aliphatic heterocycles. The Labute approximate surface area is 278 Å². The molecule has 4 aromatic rings. The zero-order valence-electron chi connectivity index (χ0n) is 25.7. The molecule has 0 bridgehead atoms. The first-order valence-corrected chi connectivity index (χ1v) is 16.0. The molecule has 4 aromatic carbocycles. The number of carbonyl (C=O) groups excluding carboxylic acids is 1. The van der Waals surface area contributed by atoms with Crippen molar-refractivity contribution in [1.29, 1.82) is 0 Å². The Morgan fingerprint density at radius 3 is 2.41 bits per heavy atom. The van der Waals surface area contributed by atoms with Crippen LogP contribution in [0.2, 0.25) is 0 Å². The lowest BCUT2D eigenvalue weighted by molar-refractivity contribution is -0.129. The van der Waals surface area contributed by atoms with Gasteiger partial charge in [-0.15, -0.1) is 0 Å². The molecule has 1 heterocycles. The highest BCUT2D eigenvalue weighted by Gasteiger charge is 2.53. The van der Waals surface area contributed by atoms with Gasteiger partial charge in [0.2, 0.25) is 5.90 Å². The second-order valence-corrected chi connectivity index (χ2v) is 11.7. The van der Waals surface area contributed by atoms with Crippen LogP contribution in [0.3, 0.4) is 0 Å². The SMILES string of the molecule is COc1ccc(CCNNC(=O)[C@@]2(C/C=C/c3ccccc3)N=C(c3ccc(OCCCO)cc3)O[C@H]2c2ccccc2Br)cc1. The number of hydrazine groups is 1. The van der Waals surface area contributed by atoms with Crippen LogP contribution < -0.4 is 20.3 Å². The predicted octanol–water partition coefficient (Wildman–Crippen LogP) is 6.44. The van der Waals surface area contributed by atoms with Gasteiger partial charge < -0.3 is 19.3 Å². The maximum Gasteiger partial charge on any atom is 0.266 e. The Morgan fingerprint density at radius 2 is 1.70 bits per heavy atom. The largest absolute Gasteiger partial charge is 0.497 e. The molecule has 0 aliphatic carbocycles. The number of rotatable bonds is 15. The molecule has 0 fully saturated rings. The second-order valence-electron chi connectivity index (χ2n) is 10.8. The van der Waals surface area contributed by atoms with Crippen LogP contribution in [0.4, 0.5) is 0 Å². The van der Waals surface area contributed by atoms with E-state index in [9.17, 15) is 4.79 Å². The zero-order chi connectivity index (χ0) is 32.2. The van der Waals surface area contributed by atoms with Gasteiger partial charge in [0.1, 0.15) is 11.5 Å². The highest BCUT2D eigenvalue weighted by Crippen LogP contribution is 2.45. The van der Waals surface area contributed by atoms with Crippen molar-refractivity contribution in [3.05, 3.63) is 136 Å². The van der Waals surface area contributed by atoms with Gasteiger partial charge in [0.05, 0.1) is 13.7 Å². The smallest absolute Gasteiger partial charge is 0.266 e. The summed E-state index contributed by atoms with van der Waals surface area (Å²) in [5, 5.41) is 9.07. The zero-order valence-corrected chi connectivity index (χ0v) is 27.3. The molecular weight excluding hydrogens is 646 g/mol. The number of aliphatic imine (C=N–C) groups is 1. The minimum atomic E-state index is -1.33. The van der Waals surface area contributed by atoms with Crippen LogP contribution in [0, 0.1) is 0 Å². The summed E-state index contributed by atoms with van der Waals surface area (Å²) in [7, 11) is 1.64. The number of aliphatic hydroxyl groups excluding tert-OH is 1. The average molecular weight is 685 g/mol. The number of methoxy groups -OCH3 is 1. The van der Waals surface area contributed by atoms with Gasteiger partial charge in [-0.05, 0) is 60.0 Å². The highest BCUT2D eigenvalue weighted by atomic mass is 79.9. The fraction of sp³-hybridized carbons (Fsp3) is 0.243. The third kappa shape index (κ3) is 8.23. The molecule has 0 saturated heterocycles. The van der Waals surface area contributed by atoms with Crippen LogP contribution in [0.15, 0.2) is 119 Å².